The Morgan fingerprint density at radius 1 is 1.06 bits per heavy atom. The van der Waals surface area contributed by atoms with Gasteiger partial charge in [0, 0.05) is 23.1 Å². The van der Waals surface area contributed by atoms with Crippen LogP contribution < -0.4 is 4.74 Å². The highest BCUT2D eigenvalue weighted by Gasteiger charge is 2.33. The molecule has 1 amide bonds. The van der Waals surface area contributed by atoms with Crippen molar-refractivity contribution in [1.29, 1.82) is 0 Å². The number of hydrogen-bond acceptors (Lipinski definition) is 4. The molecule has 1 aliphatic heterocycles. The summed E-state index contributed by atoms with van der Waals surface area (Å²) in [5.74, 6) is 0.695. The Hall–Kier alpha value is -2.34. The maximum Gasteiger partial charge on any atom is 0.350 e. The first-order chi connectivity index (χ1) is 14.7. The fourth-order valence-electron chi connectivity index (χ4n) is 3.72. The Bertz CT molecular complexity index is 915. The van der Waals surface area contributed by atoms with Crippen LogP contribution in [0.3, 0.4) is 0 Å². The molecule has 0 aromatic heterocycles. The van der Waals surface area contributed by atoms with Crippen molar-refractivity contribution in [1.82, 2.24) is 4.90 Å². The van der Waals surface area contributed by atoms with Crippen LogP contribution >= 0.6 is 15.9 Å². The molecule has 0 N–H and O–H groups in total. The van der Waals surface area contributed by atoms with Gasteiger partial charge in [-0.2, -0.15) is 0 Å². The number of carbonyl (C=O) groups is 2. The van der Waals surface area contributed by atoms with E-state index < -0.39 is 5.60 Å². The summed E-state index contributed by atoms with van der Waals surface area (Å²) >= 11 is 3.41. The molecule has 0 bridgehead atoms. The summed E-state index contributed by atoms with van der Waals surface area (Å²) in [6.07, 6.45) is 1.60. The number of hydrogen-bond donors (Lipinski definition) is 0. The van der Waals surface area contributed by atoms with E-state index in [0.717, 1.165) is 30.4 Å². The summed E-state index contributed by atoms with van der Waals surface area (Å²) in [4.78, 5) is 27.0. The first kappa shape index (κ1) is 23.3. The van der Waals surface area contributed by atoms with Crippen LogP contribution in [0.4, 0.5) is 0 Å². The first-order valence-electron chi connectivity index (χ1n) is 10.7. The number of carbonyl (C=O) groups excluding carboxylic acids is 2. The molecule has 6 heteroatoms. The second-order valence-electron chi connectivity index (χ2n) is 8.71. The monoisotopic (exact) mass is 487 g/mol. The van der Waals surface area contributed by atoms with Crippen molar-refractivity contribution in [3.63, 3.8) is 0 Å². The Kier molecular flexibility index (Phi) is 7.42. The number of ether oxygens (including phenoxy) is 2. The molecule has 1 saturated heterocycles. The molecule has 0 radical (unpaired) electrons. The molecule has 2 aromatic carbocycles. The van der Waals surface area contributed by atoms with E-state index in [4.69, 9.17) is 9.47 Å². The van der Waals surface area contributed by atoms with Crippen molar-refractivity contribution in [2.24, 2.45) is 0 Å². The van der Waals surface area contributed by atoms with Crippen LogP contribution in [0.1, 0.15) is 62.4 Å². The predicted octanol–water partition coefficient (Wildman–Crippen LogP) is 5.58. The van der Waals surface area contributed by atoms with E-state index in [2.05, 4.69) is 22.0 Å². The van der Waals surface area contributed by atoms with E-state index in [1.165, 1.54) is 5.56 Å². The zero-order valence-electron chi connectivity index (χ0n) is 18.6. The number of rotatable bonds is 6. The fraction of sp³-hybridized carbons (Fsp3) is 0.440. The zero-order chi connectivity index (χ0) is 22.6. The molecule has 2 aromatic rings. The van der Waals surface area contributed by atoms with Crippen molar-refractivity contribution in [2.45, 2.75) is 58.2 Å². The van der Waals surface area contributed by atoms with Gasteiger partial charge in [-0.1, -0.05) is 28.1 Å². The lowest BCUT2D eigenvalue weighted by Gasteiger charge is -2.32. The Balaban J connectivity index is 1.61. The molecule has 31 heavy (non-hydrogen) atoms. The molecule has 0 unspecified atom stereocenters. The predicted molar refractivity (Wildman–Crippen MR) is 124 cm³/mol. The average Bonchev–Trinajstić information content (AvgIpc) is 2.73. The molecule has 0 saturated carbocycles. The van der Waals surface area contributed by atoms with Crippen LogP contribution in [0.15, 0.2) is 53.0 Å². The Labute approximate surface area is 192 Å². The van der Waals surface area contributed by atoms with E-state index in [1.54, 1.807) is 13.8 Å². The third kappa shape index (κ3) is 6.10. The largest absolute Gasteiger partial charge is 0.476 e. The van der Waals surface area contributed by atoms with Crippen LogP contribution in [-0.2, 0) is 9.53 Å². The Morgan fingerprint density at radius 3 is 2.32 bits per heavy atom. The molecule has 1 heterocycles. The molecule has 0 atom stereocenters. The van der Waals surface area contributed by atoms with Gasteiger partial charge in [0.05, 0.1) is 6.10 Å². The first-order valence-corrected chi connectivity index (χ1v) is 11.5. The number of benzene rings is 2. The summed E-state index contributed by atoms with van der Waals surface area (Å²) in [5.41, 5.74) is 0.817. The second-order valence-corrected chi connectivity index (χ2v) is 9.63. The third-order valence-electron chi connectivity index (χ3n) is 5.41. The molecule has 5 nitrogen and oxygen atoms in total. The van der Waals surface area contributed by atoms with Crippen LogP contribution in [-0.4, -0.2) is 41.6 Å². The van der Waals surface area contributed by atoms with Gasteiger partial charge in [0.25, 0.3) is 5.91 Å². The summed E-state index contributed by atoms with van der Waals surface area (Å²) in [6, 6.07) is 15.4. The standard InChI is InChI=1S/C25H30BrNO4/c1-17(2)30-24(29)25(3,4)31-22-7-5-6-20(16-22)18-12-14-27(15-13-18)23(28)19-8-10-21(26)11-9-19/h5-11,16-18H,12-15H2,1-4H3. The number of piperidine rings is 1. The molecule has 1 aliphatic rings. The summed E-state index contributed by atoms with van der Waals surface area (Å²) in [6.45, 7) is 8.52. The van der Waals surface area contributed by atoms with Gasteiger partial charge < -0.3 is 14.4 Å². The van der Waals surface area contributed by atoms with Gasteiger partial charge in [0.15, 0.2) is 5.60 Å². The lowest BCUT2D eigenvalue weighted by molar-refractivity contribution is -0.163. The van der Waals surface area contributed by atoms with E-state index in [9.17, 15) is 9.59 Å². The van der Waals surface area contributed by atoms with Gasteiger partial charge >= 0.3 is 5.97 Å². The van der Waals surface area contributed by atoms with E-state index in [0.29, 0.717) is 17.2 Å². The van der Waals surface area contributed by atoms with E-state index in [-0.39, 0.29) is 18.0 Å². The van der Waals surface area contributed by atoms with Gasteiger partial charge in [-0.15, -0.1) is 0 Å². The molecule has 3 rings (SSSR count). The number of esters is 1. The quantitative estimate of drug-likeness (QED) is 0.499. The lowest BCUT2D eigenvalue weighted by Crippen LogP contribution is -2.41. The SMILES string of the molecule is CC(C)OC(=O)C(C)(C)Oc1cccc(C2CCN(C(=O)c3ccc(Br)cc3)CC2)c1. The van der Waals surface area contributed by atoms with E-state index >= 15 is 0 Å². The maximum atomic E-state index is 12.8. The summed E-state index contributed by atoms with van der Waals surface area (Å²) < 4.78 is 12.3. The fourth-order valence-corrected chi connectivity index (χ4v) is 3.98. The van der Waals surface area contributed by atoms with Gasteiger partial charge in [-0.05, 0) is 88.4 Å². The summed E-state index contributed by atoms with van der Waals surface area (Å²) in [5, 5.41) is 0. The lowest BCUT2D eigenvalue weighted by atomic mass is 9.89. The second kappa shape index (κ2) is 9.86. The van der Waals surface area contributed by atoms with Crippen LogP contribution in [0.5, 0.6) is 5.75 Å². The number of likely N-dealkylation sites (tertiary alicyclic amines) is 1. The third-order valence-corrected chi connectivity index (χ3v) is 5.94. The normalized spacial score (nSPS) is 15.1. The van der Waals surface area contributed by atoms with Gasteiger partial charge in [0.2, 0.25) is 0 Å². The molecule has 0 spiro atoms. The minimum atomic E-state index is -1.07. The molecular weight excluding hydrogens is 458 g/mol. The number of nitrogens with zero attached hydrogens (tertiary/aromatic N) is 1. The van der Waals surface area contributed by atoms with Crippen molar-refractivity contribution >= 4 is 27.8 Å². The molecular formula is C25H30BrNO4. The zero-order valence-corrected chi connectivity index (χ0v) is 20.1. The minimum Gasteiger partial charge on any atom is -0.476 e. The molecule has 0 aliphatic carbocycles. The highest BCUT2D eigenvalue weighted by Crippen LogP contribution is 2.32. The van der Waals surface area contributed by atoms with Crippen LogP contribution in [0.25, 0.3) is 0 Å². The minimum absolute atomic E-state index is 0.0773. The topological polar surface area (TPSA) is 55.8 Å². The van der Waals surface area contributed by atoms with Crippen LogP contribution in [0, 0.1) is 0 Å². The van der Waals surface area contributed by atoms with Gasteiger partial charge in [-0.25, -0.2) is 4.79 Å². The van der Waals surface area contributed by atoms with Gasteiger partial charge in [0.1, 0.15) is 5.75 Å². The number of halogens is 1. The van der Waals surface area contributed by atoms with Crippen molar-refractivity contribution in [3.05, 3.63) is 64.1 Å². The van der Waals surface area contributed by atoms with Crippen molar-refractivity contribution < 1.29 is 19.1 Å². The summed E-state index contributed by atoms with van der Waals surface area (Å²) in [7, 11) is 0. The Morgan fingerprint density at radius 2 is 1.71 bits per heavy atom. The smallest absolute Gasteiger partial charge is 0.350 e. The van der Waals surface area contributed by atoms with Gasteiger partial charge in [-0.3, -0.25) is 4.79 Å². The molecule has 166 valence electrons. The molecule has 1 fully saturated rings. The average molecular weight is 488 g/mol. The highest BCUT2D eigenvalue weighted by atomic mass is 79.9. The number of amides is 1. The highest BCUT2D eigenvalue weighted by molar-refractivity contribution is 9.10. The van der Waals surface area contributed by atoms with E-state index in [1.807, 2.05) is 61.2 Å². The van der Waals surface area contributed by atoms with Crippen molar-refractivity contribution in [3.8, 4) is 5.75 Å². The maximum absolute atomic E-state index is 12.8. The van der Waals surface area contributed by atoms with Crippen molar-refractivity contribution in [2.75, 3.05) is 13.1 Å². The van der Waals surface area contributed by atoms with Crippen LogP contribution in [0.2, 0.25) is 0 Å².